The molecule has 1 aliphatic rings. The fraction of sp³-hybridized carbons (Fsp3) is 0.571. The summed E-state index contributed by atoms with van der Waals surface area (Å²) in [5, 5.41) is 3.66. The summed E-state index contributed by atoms with van der Waals surface area (Å²) in [6.45, 7) is 6.79. The maximum atomic E-state index is 3.66. The van der Waals surface area contributed by atoms with Crippen LogP contribution in [0, 0.1) is 5.92 Å². The van der Waals surface area contributed by atoms with E-state index in [1.165, 1.54) is 5.56 Å². The first-order valence-electron chi connectivity index (χ1n) is 6.17. The molecule has 2 atom stereocenters. The molecule has 0 saturated carbocycles. The number of rotatable bonds is 2. The summed E-state index contributed by atoms with van der Waals surface area (Å²) in [5.74, 6) is 0.717. The summed E-state index contributed by atoms with van der Waals surface area (Å²) < 4.78 is 0. The zero-order valence-electron chi connectivity index (χ0n) is 10.5. The molecule has 2 rings (SSSR count). The van der Waals surface area contributed by atoms with Gasteiger partial charge in [0.1, 0.15) is 0 Å². The van der Waals surface area contributed by atoms with E-state index in [0.717, 1.165) is 13.1 Å². The predicted molar refractivity (Wildman–Crippen MR) is 68.4 cm³/mol. The van der Waals surface area contributed by atoms with E-state index in [9.17, 15) is 0 Å². The van der Waals surface area contributed by atoms with Crippen LogP contribution in [0.1, 0.15) is 25.5 Å². The minimum atomic E-state index is 0.487. The highest BCUT2D eigenvalue weighted by Gasteiger charge is 2.27. The Morgan fingerprint density at radius 3 is 2.50 bits per heavy atom. The van der Waals surface area contributed by atoms with E-state index in [4.69, 9.17) is 0 Å². The van der Waals surface area contributed by atoms with E-state index >= 15 is 0 Å². The van der Waals surface area contributed by atoms with Gasteiger partial charge >= 0.3 is 0 Å². The second kappa shape index (κ2) is 4.98. The van der Waals surface area contributed by atoms with Crippen LogP contribution in [0.2, 0.25) is 0 Å². The monoisotopic (exact) mass is 218 g/mol. The van der Waals surface area contributed by atoms with Crippen molar-refractivity contribution in [3.05, 3.63) is 35.9 Å². The minimum absolute atomic E-state index is 0.487. The summed E-state index contributed by atoms with van der Waals surface area (Å²) in [6, 6.07) is 11.9. The molecular weight excluding hydrogens is 196 g/mol. The largest absolute Gasteiger partial charge is 0.307 e. The standard InChI is InChI=1S/C14H22N2/c1-11(2)14-9-15-13(10-16(14)3)12-7-5-4-6-8-12/h4-8,11,13-15H,9-10H2,1-3H3/t13?,14-/m0/s1. The molecule has 1 aliphatic heterocycles. The number of nitrogens with one attached hydrogen (secondary N) is 1. The first kappa shape index (κ1) is 11.6. The summed E-state index contributed by atoms with van der Waals surface area (Å²) in [4.78, 5) is 2.48. The van der Waals surface area contributed by atoms with Gasteiger partial charge in [-0.15, -0.1) is 0 Å². The smallest absolute Gasteiger partial charge is 0.0449 e. The summed E-state index contributed by atoms with van der Waals surface area (Å²) in [7, 11) is 2.24. The van der Waals surface area contributed by atoms with Crippen LogP contribution in [-0.4, -0.2) is 31.1 Å². The van der Waals surface area contributed by atoms with Crippen molar-refractivity contribution in [1.29, 1.82) is 0 Å². The average molecular weight is 218 g/mol. The van der Waals surface area contributed by atoms with Gasteiger partial charge < -0.3 is 10.2 Å². The van der Waals surface area contributed by atoms with Gasteiger partial charge in [0, 0.05) is 25.2 Å². The molecule has 1 fully saturated rings. The maximum Gasteiger partial charge on any atom is 0.0449 e. The SMILES string of the molecule is CC(C)[C@@H]1CNC(c2ccccc2)CN1C. The Morgan fingerprint density at radius 1 is 1.25 bits per heavy atom. The van der Waals surface area contributed by atoms with Gasteiger partial charge in [0.15, 0.2) is 0 Å². The number of hydrogen-bond acceptors (Lipinski definition) is 2. The van der Waals surface area contributed by atoms with Gasteiger partial charge in [0.05, 0.1) is 0 Å². The number of piperazine rings is 1. The normalized spacial score (nSPS) is 27.2. The van der Waals surface area contributed by atoms with E-state index in [2.05, 4.69) is 61.4 Å². The van der Waals surface area contributed by atoms with Crippen molar-refractivity contribution >= 4 is 0 Å². The molecule has 1 heterocycles. The van der Waals surface area contributed by atoms with Crippen LogP contribution >= 0.6 is 0 Å². The van der Waals surface area contributed by atoms with E-state index in [-0.39, 0.29) is 0 Å². The average Bonchev–Trinajstić information content (AvgIpc) is 2.29. The summed E-state index contributed by atoms with van der Waals surface area (Å²) in [6.07, 6.45) is 0. The van der Waals surface area contributed by atoms with Crippen LogP contribution in [0.4, 0.5) is 0 Å². The van der Waals surface area contributed by atoms with Gasteiger partial charge in [-0.2, -0.15) is 0 Å². The lowest BCUT2D eigenvalue weighted by Crippen LogP contribution is -2.52. The molecule has 1 aromatic carbocycles. The van der Waals surface area contributed by atoms with Crippen LogP contribution in [-0.2, 0) is 0 Å². The lowest BCUT2D eigenvalue weighted by molar-refractivity contribution is 0.128. The second-order valence-electron chi connectivity index (χ2n) is 5.12. The van der Waals surface area contributed by atoms with E-state index < -0.39 is 0 Å². The van der Waals surface area contributed by atoms with Crippen LogP contribution < -0.4 is 5.32 Å². The summed E-state index contributed by atoms with van der Waals surface area (Å²) >= 11 is 0. The Bertz CT molecular complexity index is 321. The number of nitrogens with zero attached hydrogens (tertiary/aromatic N) is 1. The molecule has 0 amide bonds. The highest BCUT2D eigenvalue weighted by molar-refractivity contribution is 5.20. The molecule has 0 bridgehead atoms. The fourth-order valence-electron chi connectivity index (χ4n) is 2.56. The van der Waals surface area contributed by atoms with Gasteiger partial charge in [-0.25, -0.2) is 0 Å². The molecule has 16 heavy (non-hydrogen) atoms. The molecule has 2 heteroatoms. The zero-order chi connectivity index (χ0) is 11.5. The van der Waals surface area contributed by atoms with Gasteiger partial charge in [-0.3, -0.25) is 0 Å². The Labute approximate surface area is 98.7 Å². The predicted octanol–water partition coefficient (Wildman–Crippen LogP) is 2.29. The van der Waals surface area contributed by atoms with Crippen molar-refractivity contribution in [2.45, 2.75) is 25.9 Å². The Hall–Kier alpha value is -0.860. The van der Waals surface area contributed by atoms with Crippen molar-refractivity contribution < 1.29 is 0 Å². The second-order valence-corrected chi connectivity index (χ2v) is 5.12. The highest BCUT2D eigenvalue weighted by atomic mass is 15.2. The maximum absolute atomic E-state index is 3.66. The quantitative estimate of drug-likeness (QED) is 0.819. The highest BCUT2D eigenvalue weighted by Crippen LogP contribution is 2.21. The molecule has 88 valence electrons. The minimum Gasteiger partial charge on any atom is -0.307 e. The molecule has 1 saturated heterocycles. The molecule has 0 spiro atoms. The van der Waals surface area contributed by atoms with Gasteiger partial charge in [0.2, 0.25) is 0 Å². The third-order valence-electron chi connectivity index (χ3n) is 3.58. The van der Waals surface area contributed by atoms with Gasteiger partial charge in [-0.05, 0) is 18.5 Å². The van der Waals surface area contributed by atoms with Crippen LogP contribution in [0.5, 0.6) is 0 Å². The van der Waals surface area contributed by atoms with Crippen LogP contribution in [0.25, 0.3) is 0 Å². The molecule has 0 radical (unpaired) electrons. The molecule has 1 unspecified atom stereocenters. The first-order chi connectivity index (χ1) is 7.68. The lowest BCUT2D eigenvalue weighted by Gasteiger charge is -2.40. The molecule has 2 nitrogen and oxygen atoms in total. The Morgan fingerprint density at radius 2 is 1.94 bits per heavy atom. The Balaban J connectivity index is 2.03. The topological polar surface area (TPSA) is 15.3 Å². The number of likely N-dealkylation sites (N-methyl/N-ethyl adjacent to an activating group) is 1. The first-order valence-corrected chi connectivity index (χ1v) is 6.17. The Kier molecular flexibility index (Phi) is 3.62. The third-order valence-corrected chi connectivity index (χ3v) is 3.58. The number of hydrogen-bond donors (Lipinski definition) is 1. The van der Waals surface area contributed by atoms with E-state index in [1.54, 1.807) is 0 Å². The molecular formula is C14H22N2. The van der Waals surface area contributed by atoms with E-state index in [0.29, 0.717) is 18.0 Å². The van der Waals surface area contributed by atoms with Crippen LogP contribution in [0.15, 0.2) is 30.3 Å². The van der Waals surface area contributed by atoms with Gasteiger partial charge in [0.25, 0.3) is 0 Å². The molecule has 0 aliphatic carbocycles. The van der Waals surface area contributed by atoms with Crippen molar-refractivity contribution in [2.75, 3.05) is 20.1 Å². The van der Waals surface area contributed by atoms with Crippen molar-refractivity contribution in [2.24, 2.45) is 5.92 Å². The fourth-order valence-corrected chi connectivity index (χ4v) is 2.56. The number of benzene rings is 1. The molecule has 0 aromatic heterocycles. The summed E-state index contributed by atoms with van der Waals surface area (Å²) in [5.41, 5.74) is 1.40. The van der Waals surface area contributed by atoms with E-state index in [1.807, 2.05) is 0 Å². The van der Waals surface area contributed by atoms with Gasteiger partial charge in [-0.1, -0.05) is 44.2 Å². The third kappa shape index (κ3) is 2.45. The molecule has 1 aromatic rings. The molecule has 1 N–H and O–H groups in total. The lowest BCUT2D eigenvalue weighted by atomic mass is 9.96. The van der Waals surface area contributed by atoms with Crippen molar-refractivity contribution in [3.63, 3.8) is 0 Å². The zero-order valence-corrected chi connectivity index (χ0v) is 10.5. The van der Waals surface area contributed by atoms with Crippen molar-refractivity contribution in [3.8, 4) is 0 Å². The van der Waals surface area contributed by atoms with Crippen molar-refractivity contribution in [1.82, 2.24) is 10.2 Å². The van der Waals surface area contributed by atoms with Crippen LogP contribution in [0.3, 0.4) is 0 Å².